The predicted molar refractivity (Wildman–Crippen MR) is 94.8 cm³/mol. The second-order valence-electron chi connectivity index (χ2n) is 5.61. The van der Waals surface area contributed by atoms with Gasteiger partial charge in [0, 0.05) is 17.6 Å². The molecule has 5 heteroatoms. The van der Waals surface area contributed by atoms with E-state index in [1.807, 2.05) is 23.1 Å². The van der Waals surface area contributed by atoms with Gasteiger partial charge in [-0.3, -0.25) is 4.79 Å². The van der Waals surface area contributed by atoms with Crippen molar-refractivity contribution in [1.29, 1.82) is 0 Å². The fourth-order valence-electron chi connectivity index (χ4n) is 2.75. The van der Waals surface area contributed by atoms with Crippen LogP contribution < -0.4 is 4.74 Å². The van der Waals surface area contributed by atoms with Gasteiger partial charge in [-0.25, -0.2) is 0 Å². The molecule has 0 bridgehead atoms. The van der Waals surface area contributed by atoms with E-state index < -0.39 is 6.10 Å². The summed E-state index contributed by atoms with van der Waals surface area (Å²) < 4.78 is 6.64. The highest BCUT2D eigenvalue weighted by Crippen LogP contribution is 2.29. The maximum Gasteiger partial charge on any atom is 0.263 e. The van der Waals surface area contributed by atoms with Crippen LogP contribution in [0.15, 0.2) is 46.9 Å². The van der Waals surface area contributed by atoms with Gasteiger partial charge < -0.3 is 9.64 Å². The van der Waals surface area contributed by atoms with Gasteiger partial charge in [0.05, 0.1) is 5.02 Å². The highest BCUT2D eigenvalue weighted by molar-refractivity contribution is 9.10. The molecule has 1 aliphatic rings. The van der Waals surface area contributed by atoms with Gasteiger partial charge >= 0.3 is 0 Å². The molecule has 1 amide bonds. The Bertz CT molecular complexity index is 735. The van der Waals surface area contributed by atoms with Gasteiger partial charge in [0.15, 0.2) is 6.10 Å². The van der Waals surface area contributed by atoms with Crippen LogP contribution in [-0.4, -0.2) is 23.5 Å². The molecule has 1 heterocycles. The van der Waals surface area contributed by atoms with Crippen molar-refractivity contribution in [1.82, 2.24) is 4.90 Å². The zero-order valence-corrected chi connectivity index (χ0v) is 15.1. The Balaban J connectivity index is 1.68. The maximum absolute atomic E-state index is 12.6. The monoisotopic (exact) mass is 393 g/mol. The Morgan fingerprint density at radius 3 is 2.74 bits per heavy atom. The third-order valence-electron chi connectivity index (χ3n) is 3.99. The molecule has 0 radical (unpaired) electrons. The minimum absolute atomic E-state index is 0.0153. The van der Waals surface area contributed by atoms with Crippen molar-refractivity contribution in [3.8, 4) is 5.75 Å². The summed E-state index contributed by atoms with van der Waals surface area (Å²) in [7, 11) is 0. The van der Waals surface area contributed by atoms with Gasteiger partial charge in [-0.1, -0.05) is 51.8 Å². The number of carbonyl (C=O) groups is 1. The summed E-state index contributed by atoms with van der Waals surface area (Å²) in [5.74, 6) is 0.506. The van der Waals surface area contributed by atoms with E-state index in [0.717, 1.165) is 17.4 Å². The van der Waals surface area contributed by atoms with E-state index in [-0.39, 0.29) is 5.91 Å². The summed E-state index contributed by atoms with van der Waals surface area (Å²) in [4.78, 5) is 14.5. The number of fused-ring (bicyclic) bond motifs is 1. The third-order valence-corrected chi connectivity index (χ3v) is 4.78. The zero-order valence-electron chi connectivity index (χ0n) is 12.8. The molecule has 0 saturated heterocycles. The molecule has 2 aromatic rings. The van der Waals surface area contributed by atoms with E-state index in [0.29, 0.717) is 17.3 Å². The normalized spacial score (nSPS) is 15.0. The molecule has 0 saturated carbocycles. The minimum Gasteiger partial charge on any atom is -0.479 e. The van der Waals surface area contributed by atoms with Gasteiger partial charge in [-0.05, 0) is 42.7 Å². The van der Waals surface area contributed by atoms with E-state index in [1.54, 1.807) is 19.1 Å². The average Bonchev–Trinajstić information content (AvgIpc) is 2.56. The van der Waals surface area contributed by atoms with Crippen LogP contribution in [0.4, 0.5) is 0 Å². The standard InChI is InChI=1S/C18H17BrClNO2/c1-12(23-17-7-6-15(19)10-16(17)20)18(22)21-9-8-13-4-2-3-5-14(13)11-21/h2-7,10,12H,8-9,11H2,1H3. The van der Waals surface area contributed by atoms with Crippen LogP contribution in [0.2, 0.25) is 5.02 Å². The molecule has 2 aromatic carbocycles. The van der Waals surface area contributed by atoms with Crippen molar-refractivity contribution in [3.63, 3.8) is 0 Å². The van der Waals surface area contributed by atoms with E-state index in [2.05, 4.69) is 28.1 Å². The number of hydrogen-bond acceptors (Lipinski definition) is 2. The van der Waals surface area contributed by atoms with Crippen molar-refractivity contribution in [2.24, 2.45) is 0 Å². The topological polar surface area (TPSA) is 29.5 Å². The minimum atomic E-state index is -0.570. The Hall–Kier alpha value is -1.52. The zero-order chi connectivity index (χ0) is 16.4. The fraction of sp³-hybridized carbons (Fsp3) is 0.278. The first-order chi connectivity index (χ1) is 11.0. The number of amides is 1. The van der Waals surface area contributed by atoms with Crippen LogP contribution in [0.1, 0.15) is 18.1 Å². The molecule has 0 fully saturated rings. The molecular weight excluding hydrogens is 378 g/mol. The lowest BCUT2D eigenvalue weighted by Gasteiger charge is -2.31. The Labute approximate surface area is 149 Å². The number of nitrogens with zero attached hydrogens (tertiary/aromatic N) is 1. The van der Waals surface area contributed by atoms with Gasteiger partial charge in [0.1, 0.15) is 5.75 Å². The number of hydrogen-bond donors (Lipinski definition) is 0. The van der Waals surface area contributed by atoms with Gasteiger partial charge in [-0.2, -0.15) is 0 Å². The maximum atomic E-state index is 12.6. The van der Waals surface area contributed by atoms with Gasteiger partial charge in [-0.15, -0.1) is 0 Å². The number of rotatable bonds is 3. The number of ether oxygens (including phenoxy) is 1. The van der Waals surface area contributed by atoms with Crippen molar-refractivity contribution >= 4 is 33.4 Å². The van der Waals surface area contributed by atoms with Crippen molar-refractivity contribution in [2.75, 3.05) is 6.54 Å². The lowest BCUT2D eigenvalue weighted by atomic mass is 9.99. The van der Waals surface area contributed by atoms with Crippen LogP contribution in [0.5, 0.6) is 5.75 Å². The highest BCUT2D eigenvalue weighted by Gasteiger charge is 2.26. The molecule has 0 aliphatic carbocycles. The van der Waals surface area contributed by atoms with Crippen LogP contribution in [0, 0.1) is 0 Å². The van der Waals surface area contributed by atoms with Crippen molar-refractivity contribution in [3.05, 3.63) is 63.1 Å². The molecule has 0 spiro atoms. The summed E-state index contributed by atoms with van der Waals surface area (Å²) in [6.45, 7) is 3.12. The van der Waals surface area contributed by atoms with E-state index >= 15 is 0 Å². The molecule has 0 aromatic heterocycles. The van der Waals surface area contributed by atoms with E-state index in [1.165, 1.54) is 11.1 Å². The molecule has 3 rings (SSSR count). The average molecular weight is 395 g/mol. The molecular formula is C18H17BrClNO2. The summed E-state index contributed by atoms with van der Waals surface area (Å²) in [6.07, 6.45) is 0.312. The summed E-state index contributed by atoms with van der Waals surface area (Å²) >= 11 is 9.51. The Morgan fingerprint density at radius 2 is 2.00 bits per heavy atom. The smallest absolute Gasteiger partial charge is 0.263 e. The molecule has 1 aliphatic heterocycles. The molecule has 0 N–H and O–H groups in total. The van der Waals surface area contributed by atoms with Gasteiger partial charge in [0.25, 0.3) is 5.91 Å². The van der Waals surface area contributed by atoms with Crippen LogP contribution >= 0.6 is 27.5 Å². The summed E-state index contributed by atoms with van der Waals surface area (Å²) in [5.41, 5.74) is 2.53. The Morgan fingerprint density at radius 1 is 1.26 bits per heavy atom. The summed E-state index contributed by atoms with van der Waals surface area (Å²) in [5, 5.41) is 0.489. The SMILES string of the molecule is CC(Oc1ccc(Br)cc1Cl)C(=O)N1CCc2ccccc2C1. The third kappa shape index (κ3) is 3.70. The molecule has 1 atom stereocenters. The molecule has 120 valence electrons. The first-order valence-corrected chi connectivity index (χ1v) is 8.69. The fourth-order valence-corrected chi connectivity index (χ4v) is 3.47. The second kappa shape index (κ2) is 6.93. The predicted octanol–water partition coefficient (Wildman–Crippen LogP) is 4.45. The first kappa shape index (κ1) is 16.3. The van der Waals surface area contributed by atoms with Crippen molar-refractivity contribution < 1.29 is 9.53 Å². The van der Waals surface area contributed by atoms with Crippen LogP contribution in [0.3, 0.4) is 0 Å². The van der Waals surface area contributed by atoms with Crippen molar-refractivity contribution in [2.45, 2.75) is 26.0 Å². The lowest BCUT2D eigenvalue weighted by Crippen LogP contribution is -2.43. The molecule has 1 unspecified atom stereocenters. The number of carbonyl (C=O) groups excluding carboxylic acids is 1. The highest BCUT2D eigenvalue weighted by atomic mass is 79.9. The number of benzene rings is 2. The lowest BCUT2D eigenvalue weighted by molar-refractivity contribution is -0.138. The largest absolute Gasteiger partial charge is 0.479 e. The quantitative estimate of drug-likeness (QED) is 0.769. The Kier molecular flexibility index (Phi) is 4.93. The van der Waals surface area contributed by atoms with Crippen LogP contribution in [-0.2, 0) is 17.8 Å². The van der Waals surface area contributed by atoms with E-state index in [9.17, 15) is 4.79 Å². The number of halogens is 2. The first-order valence-electron chi connectivity index (χ1n) is 7.52. The summed E-state index contributed by atoms with van der Waals surface area (Å²) in [6, 6.07) is 13.6. The molecule has 23 heavy (non-hydrogen) atoms. The second-order valence-corrected chi connectivity index (χ2v) is 6.94. The van der Waals surface area contributed by atoms with Crippen LogP contribution in [0.25, 0.3) is 0 Å². The van der Waals surface area contributed by atoms with E-state index in [4.69, 9.17) is 16.3 Å². The molecule has 3 nitrogen and oxygen atoms in total. The van der Waals surface area contributed by atoms with Gasteiger partial charge in [0.2, 0.25) is 0 Å².